The molecule has 0 bridgehead atoms. The maximum absolute atomic E-state index is 5.51. The van der Waals surface area contributed by atoms with Gasteiger partial charge in [0.15, 0.2) is 0 Å². The van der Waals surface area contributed by atoms with Crippen LogP contribution in [-0.2, 0) is 17.8 Å². The number of nitrogens with zero attached hydrogens (tertiary/aromatic N) is 2. The molecule has 1 heterocycles. The van der Waals surface area contributed by atoms with E-state index in [1.165, 1.54) is 0 Å². The standard InChI is InChI=1S/C13H25N3O/c1-6-17-11(2)8-16-9-12(14-10-16)7-15-13(3,4)5/h9-11,15H,6-8H2,1-5H3. The summed E-state index contributed by atoms with van der Waals surface area (Å²) in [5.41, 5.74) is 1.20. The van der Waals surface area contributed by atoms with Gasteiger partial charge in [-0.2, -0.15) is 0 Å². The fraction of sp³-hybridized carbons (Fsp3) is 0.769. The summed E-state index contributed by atoms with van der Waals surface area (Å²) >= 11 is 0. The molecule has 0 aromatic carbocycles. The maximum Gasteiger partial charge on any atom is 0.0950 e. The quantitative estimate of drug-likeness (QED) is 0.827. The SMILES string of the molecule is CCOC(C)Cn1cnc(CNC(C)(C)C)c1. The molecule has 17 heavy (non-hydrogen) atoms. The predicted molar refractivity (Wildman–Crippen MR) is 69.9 cm³/mol. The van der Waals surface area contributed by atoms with E-state index < -0.39 is 0 Å². The molecule has 0 spiro atoms. The largest absolute Gasteiger partial charge is 0.377 e. The molecule has 0 radical (unpaired) electrons. The molecular formula is C13H25N3O. The molecule has 0 aliphatic rings. The molecule has 4 heteroatoms. The number of hydrogen-bond acceptors (Lipinski definition) is 3. The molecule has 0 saturated carbocycles. The Balaban J connectivity index is 2.42. The number of nitrogens with one attached hydrogen (secondary N) is 1. The van der Waals surface area contributed by atoms with Gasteiger partial charge in [-0.05, 0) is 34.6 Å². The van der Waals surface area contributed by atoms with E-state index in [1.54, 1.807) is 0 Å². The lowest BCUT2D eigenvalue weighted by Crippen LogP contribution is -2.35. The molecule has 0 aliphatic carbocycles. The molecule has 0 amide bonds. The van der Waals surface area contributed by atoms with Gasteiger partial charge in [-0.15, -0.1) is 0 Å². The van der Waals surface area contributed by atoms with Crippen molar-refractivity contribution in [1.82, 2.24) is 14.9 Å². The van der Waals surface area contributed by atoms with E-state index in [1.807, 2.05) is 13.3 Å². The second kappa shape index (κ2) is 6.17. The zero-order chi connectivity index (χ0) is 12.9. The van der Waals surface area contributed by atoms with Crippen LogP contribution in [0.5, 0.6) is 0 Å². The average molecular weight is 239 g/mol. The molecule has 0 aliphatic heterocycles. The van der Waals surface area contributed by atoms with Crippen LogP contribution in [0.4, 0.5) is 0 Å². The second-order valence-electron chi connectivity index (χ2n) is 5.43. The van der Waals surface area contributed by atoms with Crippen LogP contribution in [0.1, 0.15) is 40.3 Å². The monoisotopic (exact) mass is 239 g/mol. The maximum atomic E-state index is 5.51. The van der Waals surface area contributed by atoms with Crippen molar-refractivity contribution in [3.05, 3.63) is 18.2 Å². The highest BCUT2D eigenvalue weighted by Gasteiger charge is 2.10. The van der Waals surface area contributed by atoms with Gasteiger partial charge < -0.3 is 14.6 Å². The Bertz CT molecular complexity index is 328. The Hall–Kier alpha value is -0.870. The van der Waals surface area contributed by atoms with E-state index in [9.17, 15) is 0 Å². The van der Waals surface area contributed by atoms with Crippen molar-refractivity contribution in [3.8, 4) is 0 Å². The molecule has 0 fully saturated rings. The fourth-order valence-corrected chi connectivity index (χ4v) is 1.59. The first kappa shape index (κ1) is 14.2. The first-order valence-corrected chi connectivity index (χ1v) is 6.28. The van der Waals surface area contributed by atoms with Gasteiger partial charge in [-0.25, -0.2) is 4.98 Å². The van der Waals surface area contributed by atoms with Crippen molar-refractivity contribution in [1.29, 1.82) is 0 Å². The lowest BCUT2D eigenvalue weighted by molar-refractivity contribution is 0.0640. The van der Waals surface area contributed by atoms with E-state index in [4.69, 9.17) is 4.74 Å². The first-order chi connectivity index (χ1) is 7.90. The lowest BCUT2D eigenvalue weighted by atomic mass is 10.1. The summed E-state index contributed by atoms with van der Waals surface area (Å²) in [6.07, 6.45) is 4.18. The second-order valence-corrected chi connectivity index (χ2v) is 5.43. The normalized spacial score (nSPS) is 13.9. The highest BCUT2D eigenvalue weighted by atomic mass is 16.5. The van der Waals surface area contributed by atoms with Crippen LogP contribution in [0.2, 0.25) is 0 Å². The van der Waals surface area contributed by atoms with Crippen LogP contribution in [0.25, 0.3) is 0 Å². The van der Waals surface area contributed by atoms with Crippen molar-refractivity contribution in [2.75, 3.05) is 6.61 Å². The van der Waals surface area contributed by atoms with Gasteiger partial charge in [0.1, 0.15) is 0 Å². The van der Waals surface area contributed by atoms with Crippen LogP contribution in [0, 0.1) is 0 Å². The number of rotatable bonds is 6. The third-order valence-electron chi connectivity index (χ3n) is 2.41. The van der Waals surface area contributed by atoms with Crippen LogP contribution in [0.3, 0.4) is 0 Å². The van der Waals surface area contributed by atoms with Gasteiger partial charge in [0.2, 0.25) is 0 Å². The van der Waals surface area contributed by atoms with Crippen LogP contribution in [0.15, 0.2) is 12.5 Å². The van der Waals surface area contributed by atoms with Crippen molar-refractivity contribution >= 4 is 0 Å². The Morgan fingerprint density at radius 1 is 1.47 bits per heavy atom. The Labute approximate surface area is 104 Å². The van der Waals surface area contributed by atoms with Crippen LogP contribution in [-0.4, -0.2) is 27.8 Å². The predicted octanol–water partition coefficient (Wildman–Crippen LogP) is 2.20. The van der Waals surface area contributed by atoms with Crippen LogP contribution >= 0.6 is 0 Å². The first-order valence-electron chi connectivity index (χ1n) is 6.28. The molecule has 98 valence electrons. The van der Waals surface area contributed by atoms with E-state index >= 15 is 0 Å². The van der Waals surface area contributed by atoms with Gasteiger partial charge in [-0.3, -0.25) is 0 Å². The molecule has 1 aromatic heterocycles. The minimum absolute atomic E-state index is 0.127. The van der Waals surface area contributed by atoms with E-state index in [0.29, 0.717) is 0 Å². The van der Waals surface area contributed by atoms with Crippen molar-refractivity contribution in [3.63, 3.8) is 0 Å². The van der Waals surface area contributed by atoms with E-state index in [0.717, 1.165) is 25.4 Å². The fourth-order valence-electron chi connectivity index (χ4n) is 1.59. The van der Waals surface area contributed by atoms with Crippen molar-refractivity contribution < 1.29 is 4.74 Å². The van der Waals surface area contributed by atoms with Crippen LogP contribution < -0.4 is 5.32 Å². The summed E-state index contributed by atoms with van der Waals surface area (Å²) in [5.74, 6) is 0. The van der Waals surface area contributed by atoms with Gasteiger partial charge in [0, 0.05) is 31.4 Å². The molecule has 1 aromatic rings. The topological polar surface area (TPSA) is 39.1 Å². The zero-order valence-corrected chi connectivity index (χ0v) is 11.7. The average Bonchev–Trinajstić information content (AvgIpc) is 2.62. The Kier molecular flexibility index (Phi) is 5.15. The third-order valence-corrected chi connectivity index (χ3v) is 2.41. The number of aromatic nitrogens is 2. The van der Waals surface area contributed by atoms with E-state index in [-0.39, 0.29) is 11.6 Å². The molecular weight excluding hydrogens is 214 g/mol. The Morgan fingerprint density at radius 2 is 2.18 bits per heavy atom. The summed E-state index contributed by atoms with van der Waals surface area (Å²) in [6, 6.07) is 0. The van der Waals surface area contributed by atoms with Crippen molar-refractivity contribution in [2.24, 2.45) is 0 Å². The minimum atomic E-state index is 0.127. The van der Waals surface area contributed by atoms with Gasteiger partial charge in [0.05, 0.1) is 18.1 Å². The molecule has 1 rings (SSSR count). The molecule has 1 N–H and O–H groups in total. The molecule has 1 unspecified atom stereocenters. The molecule has 1 atom stereocenters. The highest BCUT2D eigenvalue weighted by Crippen LogP contribution is 2.04. The number of hydrogen-bond donors (Lipinski definition) is 1. The van der Waals surface area contributed by atoms with Gasteiger partial charge in [-0.1, -0.05) is 0 Å². The molecule has 4 nitrogen and oxygen atoms in total. The van der Waals surface area contributed by atoms with Gasteiger partial charge >= 0.3 is 0 Å². The number of imidazole rings is 1. The summed E-state index contributed by atoms with van der Waals surface area (Å²) in [5, 5.41) is 3.42. The third kappa shape index (κ3) is 5.84. The summed E-state index contributed by atoms with van der Waals surface area (Å²) in [7, 11) is 0. The number of ether oxygens (including phenoxy) is 1. The molecule has 0 saturated heterocycles. The lowest BCUT2D eigenvalue weighted by Gasteiger charge is -2.19. The summed E-state index contributed by atoms with van der Waals surface area (Å²) in [6.45, 7) is 13.0. The van der Waals surface area contributed by atoms with Gasteiger partial charge in [0.25, 0.3) is 0 Å². The van der Waals surface area contributed by atoms with Crippen molar-refractivity contribution in [2.45, 2.75) is 59.4 Å². The summed E-state index contributed by atoms with van der Waals surface area (Å²) in [4.78, 5) is 4.38. The Morgan fingerprint density at radius 3 is 2.76 bits per heavy atom. The minimum Gasteiger partial charge on any atom is -0.377 e. The highest BCUT2D eigenvalue weighted by molar-refractivity contribution is 4.97. The van der Waals surface area contributed by atoms with E-state index in [2.05, 4.69) is 48.8 Å². The zero-order valence-electron chi connectivity index (χ0n) is 11.7. The smallest absolute Gasteiger partial charge is 0.0950 e. The summed E-state index contributed by atoms with van der Waals surface area (Å²) < 4.78 is 7.59.